The van der Waals surface area contributed by atoms with Gasteiger partial charge in [0, 0.05) is 31.7 Å². The summed E-state index contributed by atoms with van der Waals surface area (Å²) in [5.41, 5.74) is 0.429. The molecule has 2 unspecified atom stereocenters. The van der Waals surface area contributed by atoms with Crippen molar-refractivity contribution in [3.63, 3.8) is 0 Å². The molecule has 3 rings (SSSR count). The Kier molecular flexibility index (Phi) is 6.23. The first-order valence-electron chi connectivity index (χ1n) is 9.82. The number of sulfonamides is 1. The van der Waals surface area contributed by atoms with Crippen LogP contribution in [0, 0.1) is 0 Å². The third kappa shape index (κ3) is 4.52. The molecule has 0 radical (unpaired) electrons. The number of morpholine rings is 1. The number of hydrogen-bond acceptors (Lipinski definition) is 4. The van der Waals surface area contributed by atoms with Gasteiger partial charge in [-0.05, 0) is 44.9 Å². The minimum absolute atomic E-state index is 0.109. The molecular formula is C20H30N2O4S. The summed E-state index contributed by atoms with van der Waals surface area (Å²) in [6.07, 6.45) is 5.25. The molecule has 27 heavy (non-hydrogen) atoms. The van der Waals surface area contributed by atoms with E-state index in [4.69, 9.17) is 4.74 Å². The van der Waals surface area contributed by atoms with Gasteiger partial charge in [0.2, 0.25) is 10.0 Å². The summed E-state index contributed by atoms with van der Waals surface area (Å²) in [4.78, 5) is 14.9. The van der Waals surface area contributed by atoms with Gasteiger partial charge in [0.1, 0.15) is 0 Å². The molecule has 0 aromatic heterocycles. The molecule has 1 heterocycles. The molecule has 1 saturated heterocycles. The minimum atomic E-state index is -3.65. The van der Waals surface area contributed by atoms with Crippen LogP contribution < -0.4 is 0 Å². The third-order valence-electron chi connectivity index (χ3n) is 5.55. The zero-order chi connectivity index (χ0) is 19.6. The van der Waals surface area contributed by atoms with E-state index in [2.05, 4.69) is 0 Å². The smallest absolute Gasteiger partial charge is 0.253 e. The highest BCUT2D eigenvalue weighted by atomic mass is 32.2. The molecule has 1 aliphatic heterocycles. The normalized spacial score (nSPS) is 25.3. The van der Waals surface area contributed by atoms with Crippen LogP contribution in [0.5, 0.6) is 0 Å². The number of benzene rings is 1. The number of nitrogens with zero attached hydrogens (tertiary/aromatic N) is 2. The fourth-order valence-electron chi connectivity index (χ4n) is 4.10. The predicted molar refractivity (Wildman–Crippen MR) is 104 cm³/mol. The van der Waals surface area contributed by atoms with E-state index >= 15 is 0 Å². The molecule has 1 saturated carbocycles. The number of amides is 1. The predicted octanol–water partition coefficient (Wildman–Crippen LogP) is 2.89. The van der Waals surface area contributed by atoms with Crippen LogP contribution in [0.1, 0.15) is 56.3 Å². The van der Waals surface area contributed by atoms with Crippen molar-refractivity contribution in [2.24, 2.45) is 0 Å². The maximum absolute atomic E-state index is 13.1. The van der Waals surface area contributed by atoms with Crippen LogP contribution in [-0.2, 0) is 14.8 Å². The topological polar surface area (TPSA) is 66.9 Å². The number of carbonyl (C=O) groups excluding carboxylic acids is 1. The molecule has 0 N–H and O–H groups in total. The van der Waals surface area contributed by atoms with Gasteiger partial charge in [-0.15, -0.1) is 0 Å². The van der Waals surface area contributed by atoms with Crippen molar-refractivity contribution in [1.82, 2.24) is 9.21 Å². The monoisotopic (exact) mass is 394 g/mol. The fraction of sp³-hybridized carbons (Fsp3) is 0.650. The second-order valence-electron chi connectivity index (χ2n) is 7.82. The first-order valence-corrected chi connectivity index (χ1v) is 11.3. The van der Waals surface area contributed by atoms with E-state index in [9.17, 15) is 13.2 Å². The van der Waals surface area contributed by atoms with Crippen molar-refractivity contribution in [3.05, 3.63) is 29.8 Å². The number of carbonyl (C=O) groups is 1. The van der Waals surface area contributed by atoms with E-state index in [-0.39, 0.29) is 29.1 Å². The Balaban J connectivity index is 1.81. The fourth-order valence-corrected chi connectivity index (χ4v) is 5.74. The lowest BCUT2D eigenvalue weighted by molar-refractivity contribution is -0.0440. The van der Waals surface area contributed by atoms with E-state index in [1.165, 1.54) is 16.8 Å². The standard InChI is InChI=1S/C20H30N2O4S/c1-15-13-22(14-16(2)26-15)27(24,25)19-11-7-8-17(12-19)20(23)21(3)18-9-5-4-6-10-18/h7-8,11-12,15-16,18H,4-6,9-10,13-14H2,1-3H3. The van der Waals surface area contributed by atoms with Gasteiger partial charge in [0.15, 0.2) is 0 Å². The van der Waals surface area contributed by atoms with Gasteiger partial charge in [-0.1, -0.05) is 25.3 Å². The van der Waals surface area contributed by atoms with E-state index < -0.39 is 10.0 Å². The van der Waals surface area contributed by atoms with E-state index in [1.807, 2.05) is 20.9 Å². The minimum Gasteiger partial charge on any atom is -0.373 e. The second kappa shape index (κ2) is 8.29. The third-order valence-corrected chi connectivity index (χ3v) is 7.38. The van der Waals surface area contributed by atoms with E-state index in [0.717, 1.165) is 25.7 Å². The quantitative estimate of drug-likeness (QED) is 0.788. The Hall–Kier alpha value is -1.44. The highest BCUT2D eigenvalue weighted by Gasteiger charge is 2.33. The van der Waals surface area contributed by atoms with Gasteiger partial charge in [-0.25, -0.2) is 8.42 Å². The summed E-state index contributed by atoms with van der Waals surface area (Å²) < 4.78 is 33.2. The molecule has 0 spiro atoms. The van der Waals surface area contributed by atoms with Crippen LogP contribution >= 0.6 is 0 Å². The molecule has 2 aliphatic rings. The van der Waals surface area contributed by atoms with Gasteiger partial charge in [-0.3, -0.25) is 4.79 Å². The first kappa shape index (κ1) is 20.3. The summed E-state index contributed by atoms with van der Waals surface area (Å²) in [5.74, 6) is -0.109. The maximum atomic E-state index is 13.1. The summed E-state index contributed by atoms with van der Waals surface area (Å²) in [6.45, 7) is 4.40. The van der Waals surface area contributed by atoms with Crippen molar-refractivity contribution >= 4 is 15.9 Å². The number of rotatable bonds is 4. The van der Waals surface area contributed by atoms with Crippen LogP contribution in [0.15, 0.2) is 29.2 Å². The van der Waals surface area contributed by atoms with Crippen molar-refractivity contribution in [2.45, 2.75) is 69.1 Å². The largest absolute Gasteiger partial charge is 0.373 e. The van der Waals surface area contributed by atoms with Crippen LogP contribution in [-0.4, -0.2) is 61.9 Å². The maximum Gasteiger partial charge on any atom is 0.253 e. The molecule has 1 aromatic carbocycles. The van der Waals surface area contributed by atoms with Crippen molar-refractivity contribution in [1.29, 1.82) is 0 Å². The van der Waals surface area contributed by atoms with Gasteiger partial charge >= 0.3 is 0 Å². The first-order chi connectivity index (χ1) is 12.8. The lowest BCUT2D eigenvalue weighted by Crippen LogP contribution is -2.48. The lowest BCUT2D eigenvalue weighted by Gasteiger charge is -2.34. The highest BCUT2D eigenvalue weighted by Crippen LogP contribution is 2.25. The van der Waals surface area contributed by atoms with Crippen LogP contribution in [0.3, 0.4) is 0 Å². The number of hydrogen-bond donors (Lipinski definition) is 0. The molecule has 150 valence electrons. The molecule has 6 nitrogen and oxygen atoms in total. The molecule has 0 bridgehead atoms. The van der Waals surface area contributed by atoms with Crippen LogP contribution in [0.4, 0.5) is 0 Å². The Morgan fingerprint density at radius 3 is 2.37 bits per heavy atom. The van der Waals surface area contributed by atoms with Crippen molar-refractivity contribution < 1.29 is 17.9 Å². The lowest BCUT2D eigenvalue weighted by atomic mass is 9.94. The summed E-state index contributed by atoms with van der Waals surface area (Å²) in [7, 11) is -1.83. The Labute approximate surface area is 162 Å². The Bertz CT molecular complexity index is 764. The second-order valence-corrected chi connectivity index (χ2v) is 9.75. The summed E-state index contributed by atoms with van der Waals surface area (Å²) >= 11 is 0. The zero-order valence-electron chi connectivity index (χ0n) is 16.4. The summed E-state index contributed by atoms with van der Waals surface area (Å²) in [6, 6.07) is 6.68. The SMILES string of the molecule is CC1CN(S(=O)(=O)c2cccc(C(=O)N(C)C3CCCCC3)c2)CC(C)O1. The molecular weight excluding hydrogens is 364 g/mol. The van der Waals surface area contributed by atoms with E-state index in [1.54, 1.807) is 23.1 Å². The number of ether oxygens (including phenoxy) is 1. The molecule has 1 aromatic rings. The highest BCUT2D eigenvalue weighted by molar-refractivity contribution is 7.89. The average Bonchev–Trinajstić information content (AvgIpc) is 2.67. The van der Waals surface area contributed by atoms with Crippen LogP contribution in [0.2, 0.25) is 0 Å². The van der Waals surface area contributed by atoms with Gasteiger partial charge < -0.3 is 9.64 Å². The molecule has 7 heteroatoms. The average molecular weight is 395 g/mol. The van der Waals surface area contributed by atoms with Gasteiger partial charge in [0.05, 0.1) is 17.1 Å². The van der Waals surface area contributed by atoms with Crippen molar-refractivity contribution in [2.75, 3.05) is 20.1 Å². The van der Waals surface area contributed by atoms with Crippen molar-refractivity contribution in [3.8, 4) is 0 Å². The van der Waals surface area contributed by atoms with Gasteiger partial charge in [0.25, 0.3) is 5.91 Å². The van der Waals surface area contributed by atoms with E-state index in [0.29, 0.717) is 18.7 Å². The van der Waals surface area contributed by atoms with Crippen LogP contribution in [0.25, 0.3) is 0 Å². The Morgan fingerprint density at radius 1 is 1.11 bits per heavy atom. The summed E-state index contributed by atoms with van der Waals surface area (Å²) in [5, 5.41) is 0. The molecule has 2 atom stereocenters. The molecule has 2 fully saturated rings. The Morgan fingerprint density at radius 2 is 1.74 bits per heavy atom. The molecule has 1 amide bonds. The molecule has 1 aliphatic carbocycles. The van der Waals surface area contributed by atoms with Gasteiger partial charge in [-0.2, -0.15) is 4.31 Å². The zero-order valence-corrected chi connectivity index (χ0v) is 17.2.